The van der Waals surface area contributed by atoms with Gasteiger partial charge in [0.1, 0.15) is 0 Å². The minimum absolute atomic E-state index is 0.162. The number of esters is 1. The number of methoxy groups -OCH3 is 1. The average Bonchev–Trinajstić information content (AvgIpc) is 2.97. The molecule has 1 unspecified atom stereocenters. The monoisotopic (exact) mass is 367 g/mol. The second-order valence-corrected chi connectivity index (χ2v) is 6.93. The maximum Gasteiger partial charge on any atom is 0.337 e. The van der Waals surface area contributed by atoms with Gasteiger partial charge < -0.3 is 4.74 Å². The van der Waals surface area contributed by atoms with Crippen LogP contribution in [0.4, 0.5) is 0 Å². The third-order valence-corrected chi connectivity index (χ3v) is 5.77. The van der Waals surface area contributed by atoms with Crippen LogP contribution in [0, 0.1) is 0 Å². The predicted molar refractivity (Wildman–Crippen MR) is 94.3 cm³/mol. The van der Waals surface area contributed by atoms with E-state index in [0.29, 0.717) is 15.6 Å². The molecule has 1 aliphatic rings. The van der Waals surface area contributed by atoms with Crippen LogP contribution in [0.25, 0.3) is 0 Å². The first kappa shape index (κ1) is 16.7. The van der Waals surface area contributed by atoms with E-state index in [0.717, 1.165) is 23.3 Å². The molecule has 0 amide bonds. The molecule has 2 aromatic rings. The van der Waals surface area contributed by atoms with Crippen LogP contribution in [0.2, 0.25) is 10.0 Å². The maximum atomic E-state index is 11.7. The molecule has 0 fully saturated rings. The summed E-state index contributed by atoms with van der Waals surface area (Å²) in [4.78, 5) is 12.6. The van der Waals surface area contributed by atoms with Crippen molar-refractivity contribution in [1.82, 2.24) is 4.72 Å². The summed E-state index contributed by atoms with van der Waals surface area (Å²) >= 11 is 13.7. The molecule has 0 spiro atoms. The van der Waals surface area contributed by atoms with Crippen LogP contribution in [-0.2, 0) is 11.2 Å². The molecule has 1 aliphatic carbocycles. The number of fused-ring (bicyclic) bond motifs is 1. The van der Waals surface area contributed by atoms with Gasteiger partial charge in [-0.25, -0.2) is 4.79 Å². The van der Waals surface area contributed by atoms with Crippen LogP contribution in [-0.4, -0.2) is 13.1 Å². The Kier molecular flexibility index (Phi) is 5.17. The Morgan fingerprint density at radius 2 is 2.13 bits per heavy atom. The molecule has 1 atom stereocenters. The lowest BCUT2D eigenvalue weighted by molar-refractivity contribution is 0.0600. The number of carbonyl (C=O) groups is 1. The number of ether oxygens (including phenoxy) is 1. The van der Waals surface area contributed by atoms with Gasteiger partial charge in [-0.05, 0) is 60.2 Å². The molecular formula is C17H15Cl2NO2S. The van der Waals surface area contributed by atoms with Crippen LogP contribution in [0.15, 0.2) is 41.3 Å². The zero-order chi connectivity index (χ0) is 16.4. The fourth-order valence-corrected chi connectivity index (χ4v) is 4.00. The zero-order valence-electron chi connectivity index (χ0n) is 12.4. The van der Waals surface area contributed by atoms with Gasteiger partial charge in [0.05, 0.1) is 22.7 Å². The number of carbonyl (C=O) groups excluding carboxylic acids is 1. The lowest BCUT2D eigenvalue weighted by atomic mass is 10.0. The highest BCUT2D eigenvalue weighted by molar-refractivity contribution is 7.97. The lowest BCUT2D eigenvalue weighted by Gasteiger charge is -2.15. The Morgan fingerprint density at radius 3 is 2.91 bits per heavy atom. The Balaban J connectivity index is 1.77. The maximum absolute atomic E-state index is 11.7. The normalized spacial score (nSPS) is 16.2. The molecule has 3 rings (SSSR count). The van der Waals surface area contributed by atoms with Crippen molar-refractivity contribution < 1.29 is 9.53 Å². The van der Waals surface area contributed by atoms with Gasteiger partial charge >= 0.3 is 5.97 Å². The minimum Gasteiger partial charge on any atom is -0.465 e. The molecule has 3 nitrogen and oxygen atoms in total. The summed E-state index contributed by atoms with van der Waals surface area (Å²) in [5.74, 6) is -0.316. The van der Waals surface area contributed by atoms with Crippen molar-refractivity contribution >= 4 is 41.1 Å². The highest BCUT2D eigenvalue weighted by Gasteiger charge is 2.24. The zero-order valence-corrected chi connectivity index (χ0v) is 14.8. The molecule has 0 heterocycles. The van der Waals surface area contributed by atoms with Gasteiger partial charge in [-0.2, -0.15) is 0 Å². The molecule has 0 radical (unpaired) electrons. The van der Waals surface area contributed by atoms with Crippen molar-refractivity contribution in [3.05, 3.63) is 63.1 Å². The number of nitrogens with one attached hydrogen (secondary N) is 1. The van der Waals surface area contributed by atoms with Gasteiger partial charge in [-0.3, -0.25) is 4.72 Å². The summed E-state index contributed by atoms with van der Waals surface area (Å²) in [6.07, 6.45) is 1.96. The van der Waals surface area contributed by atoms with E-state index in [-0.39, 0.29) is 12.0 Å². The Bertz CT molecular complexity index is 751. The van der Waals surface area contributed by atoms with E-state index < -0.39 is 0 Å². The van der Waals surface area contributed by atoms with Gasteiger partial charge in [-0.1, -0.05) is 35.3 Å². The van der Waals surface area contributed by atoms with Gasteiger partial charge in [0, 0.05) is 10.9 Å². The predicted octanol–water partition coefficient (Wildman–Crippen LogP) is 5.06. The second-order valence-electron chi connectivity index (χ2n) is 5.27. The first-order valence-corrected chi connectivity index (χ1v) is 8.75. The number of rotatable bonds is 4. The Morgan fingerprint density at radius 1 is 1.30 bits per heavy atom. The number of benzene rings is 2. The van der Waals surface area contributed by atoms with Crippen molar-refractivity contribution in [3.8, 4) is 0 Å². The van der Waals surface area contributed by atoms with Crippen LogP contribution in [0.5, 0.6) is 0 Å². The first-order valence-electron chi connectivity index (χ1n) is 7.17. The first-order chi connectivity index (χ1) is 11.1. The summed E-state index contributed by atoms with van der Waals surface area (Å²) in [7, 11) is 1.39. The van der Waals surface area contributed by atoms with Crippen molar-refractivity contribution in [1.29, 1.82) is 0 Å². The van der Waals surface area contributed by atoms with Gasteiger partial charge in [0.25, 0.3) is 0 Å². The van der Waals surface area contributed by atoms with Gasteiger partial charge in [0.15, 0.2) is 0 Å². The molecule has 0 saturated heterocycles. The van der Waals surface area contributed by atoms with Crippen molar-refractivity contribution in [3.63, 3.8) is 0 Å². The third kappa shape index (κ3) is 3.50. The molecule has 0 aliphatic heterocycles. The second kappa shape index (κ2) is 7.14. The summed E-state index contributed by atoms with van der Waals surface area (Å²) in [6.45, 7) is 0. The number of hydrogen-bond donors (Lipinski definition) is 1. The van der Waals surface area contributed by atoms with E-state index in [2.05, 4.69) is 4.72 Å². The summed E-state index contributed by atoms with van der Waals surface area (Å²) < 4.78 is 8.22. The van der Waals surface area contributed by atoms with Crippen LogP contribution in [0.1, 0.15) is 33.9 Å². The fraction of sp³-hybridized carbons (Fsp3) is 0.235. The molecule has 6 heteroatoms. The van der Waals surface area contributed by atoms with E-state index in [1.807, 2.05) is 30.3 Å². The molecule has 0 bridgehead atoms. The quantitative estimate of drug-likeness (QED) is 0.605. The molecule has 23 heavy (non-hydrogen) atoms. The van der Waals surface area contributed by atoms with E-state index in [1.165, 1.54) is 24.6 Å². The fourth-order valence-electron chi connectivity index (χ4n) is 2.67. The third-order valence-electron chi connectivity index (χ3n) is 3.87. The number of halogens is 2. The number of hydrogen-bond acceptors (Lipinski definition) is 4. The van der Waals surface area contributed by atoms with Gasteiger partial charge in [-0.15, -0.1) is 0 Å². The minimum atomic E-state index is -0.316. The molecule has 2 aromatic carbocycles. The lowest BCUT2D eigenvalue weighted by Crippen LogP contribution is -2.12. The van der Waals surface area contributed by atoms with E-state index in [9.17, 15) is 4.79 Å². The Labute approximate surface area is 149 Å². The SMILES string of the molecule is COC(=O)c1ccc2c(c1)C(NSc1cccc(Cl)c1Cl)CC2. The standard InChI is InChI=1S/C17H15Cl2NO2S/c1-22-17(21)11-6-5-10-7-8-14(12(10)9-11)20-23-15-4-2-3-13(18)16(15)19/h2-6,9,14,20H,7-8H2,1H3. The smallest absolute Gasteiger partial charge is 0.337 e. The molecular weight excluding hydrogens is 353 g/mol. The largest absolute Gasteiger partial charge is 0.465 e. The van der Waals surface area contributed by atoms with Crippen LogP contribution < -0.4 is 4.72 Å². The van der Waals surface area contributed by atoms with Crippen LogP contribution >= 0.6 is 35.1 Å². The van der Waals surface area contributed by atoms with E-state index in [1.54, 1.807) is 6.07 Å². The number of aryl methyl sites for hydroxylation is 1. The van der Waals surface area contributed by atoms with Crippen molar-refractivity contribution in [2.45, 2.75) is 23.8 Å². The molecule has 120 valence electrons. The summed E-state index contributed by atoms with van der Waals surface area (Å²) in [5.41, 5.74) is 2.97. The highest BCUT2D eigenvalue weighted by Crippen LogP contribution is 2.37. The van der Waals surface area contributed by atoms with Crippen molar-refractivity contribution in [2.75, 3.05) is 7.11 Å². The molecule has 1 N–H and O–H groups in total. The van der Waals surface area contributed by atoms with E-state index >= 15 is 0 Å². The molecule has 0 saturated carbocycles. The summed E-state index contributed by atoms with van der Waals surface area (Å²) in [5, 5.41) is 1.09. The average molecular weight is 368 g/mol. The summed E-state index contributed by atoms with van der Waals surface area (Å²) in [6, 6.07) is 11.4. The molecule has 0 aromatic heterocycles. The Hall–Kier alpha value is -1.20. The van der Waals surface area contributed by atoms with Crippen molar-refractivity contribution in [2.24, 2.45) is 0 Å². The van der Waals surface area contributed by atoms with Crippen LogP contribution in [0.3, 0.4) is 0 Å². The van der Waals surface area contributed by atoms with Gasteiger partial charge in [0.2, 0.25) is 0 Å². The van der Waals surface area contributed by atoms with E-state index in [4.69, 9.17) is 27.9 Å². The highest BCUT2D eigenvalue weighted by atomic mass is 35.5. The topological polar surface area (TPSA) is 38.3 Å².